The van der Waals surface area contributed by atoms with Crippen LogP contribution in [-0.2, 0) is 9.59 Å². The highest BCUT2D eigenvalue weighted by atomic mass is 16.4. The summed E-state index contributed by atoms with van der Waals surface area (Å²) < 4.78 is 0. The van der Waals surface area contributed by atoms with E-state index >= 15 is 0 Å². The fourth-order valence-corrected chi connectivity index (χ4v) is 4.06. The third-order valence-electron chi connectivity index (χ3n) is 5.45. The van der Waals surface area contributed by atoms with E-state index < -0.39 is 12.0 Å². The van der Waals surface area contributed by atoms with Crippen LogP contribution in [0.4, 0.5) is 11.5 Å². The maximum atomic E-state index is 12.3. The van der Waals surface area contributed by atoms with Gasteiger partial charge in [-0.3, -0.25) is 14.5 Å². The number of hydrogen-bond acceptors (Lipinski definition) is 6. The van der Waals surface area contributed by atoms with Crippen molar-refractivity contribution in [1.29, 1.82) is 5.26 Å². The van der Waals surface area contributed by atoms with Gasteiger partial charge in [0.2, 0.25) is 5.91 Å². The number of carbonyl (C=O) groups is 2. The van der Waals surface area contributed by atoms with Gasteiger partial charge in [-0.05, 0) is 30.3 Å². The van der Waals surface area contributed by atoms with Gasteiger partial charge in [0.05, 0.1) is 5.56 Å². The molecule has 1 saturated heterocycles. The summed E-state index contributed by atoms with van der Waals surface area (Å²) in [5, 5.41) is 22.9. The molecular formula is C22H22N6O3. The summed E-state index contributed by atoms with van der Waals surface area (Å²) in [4.78, 5) is 35.1. The summed E-state index contributed by atoms with van der Waals surface area (Å²) in [6.07, 6.45) is 3.38. The topological polar surface area (TPSA) is 125 Å². The van der Waals surface area contributed by atoms with Gasteiger partial charge in [-0.1, -0.05) is 0 Å². The molecule has 3 heterocycles. The number of carboxylic acid groups (broad SMARTS) is 1. The standard InChI is InChI=1S/C22H22N6O3/c1-14(29)26-16-4-5-19-17(11-16)18(13-25-19)20(22(30)31)27-7-9-28(10-8-27)21-15(12-23)3-2-6-24-21/h2-6,11,13,20,25H,7-10H2,1H3,(H,26,29)(H,30,31). The summed E-state index contributed by atoms with van der Waals surface area (Å²) in [6, 6.07) is 10.2. The van der Waals surface area contributed by atoms with Gasteiger partial charge >= 0.3 is 5.97 Å². The Morgan fingerprint density at radius 1 is 1.26 bits per heavy atom. The zero-order valence-electron chi connectivity index (χ0n) is 17.0. The third-order valence-corrected chi connectivity index (χ3v) is 5.45. The van der Waals surface area contributed by atoms with Crippen LogP contribution in [0.5, 0.6) is 0 Å². The van der Waals surface area contributed by atoms with Crippen LogP contribution in [0.1, 0.15) is 24.1 Å². The van der Waals surface area contributed by atoms with Crippen molar-refractivity contribution in [3.05, 3.63) is 53.9 Å². The first-order valence-electron chi connectivity index (χ1n) is 9.93. The predicted octanol–water partition coefficient (Wildman–Crippen LogP) is 2.34. The molecule has 4 rings (SSSR count). The molecule has 0 radical (unpaired) electrons. The quantitative estimate of drug-likeness (QED) is 0.581. The van der Waals surface area contributed by atoms with Gasteiger partial charge in [-0.15, -0.1) is 0 Å². The minimum absolute atomic E-state index is 0.186. The normalized spacial score (nSPS) is 15.4. The Morgan fingerprint density at radius 3 is 2.71 bits per heavy atom. The number of rotatable bonds is 5. The number of pyridine rings is 1. The summed E-state index contributed by atoms with van der Waals surface area (Å²) in [5.74, 6) is -0.494. The Morgan fingerprint density at radius 2 is 2.03 bits per heavy atom. The van der Waals surface area contributed by atoms with Crippen LogP contribution < -0.4 is 10.2 Å². The van der Waals surface area contributed by atoms with Crippen molar-refractivity contribution in [3.63, 3.8) is 0 Å². The first-order chi connectivity index (χ1) is 15.0. The number of H-pyrrole nitrogens is 1. The molecule has 1 aliphatic rings. The Kier molecular flexibility index (Phi) is 5.56. The minimum Gasteiger partial charge on any atom is -0.480 e. The van der Waals surface area contributed by atoms with Crippen molar-refractivity contribution in [2.75, 3.05) is 36.4 Å². The van der Waals surface area contributed by atoms with E-state index in [1.54, 1.807) is 36.7 Å². The van der Waals surface area contributed by atoms with Crippen LogP contribution in [0.15, 0.2) is 42.7 Å². The van der Waals surface area contributed by atoms with Crippen molar-refractivity contribution in [3.8, 4) is 6.07 Å². The van der Waals surface area contributed by atoms with Crippen molar-refractivity contribution < 1.29 is 14.7 Å². The molecule has 1 aromatic carbocycles. The summed E-state index contributed by atoms with van der Waals surface area (Å²) >= 11 is 0. The van der Waals surface area contributed by atoms with Gasteiger partial charge in [0.1, 0.15) is 17.9 Å². The van der Waals surface area contributed by atoms with E-state index in [4.69, 9.17) is 0 Å². The number of aromatic amines is 1. The number of nitrogens with zero attached hydrogens (tertiary/aromatic N) is 4. The van der Waals surface area contributed by atoms with Crippen molar-refractivity contribution in [2.24, 2.45) is 0 Å². The molecule has 9 nitrogen and oxygen atoms in total. The van der Waals surface area contributed by atoms with Gasteiger partial charge in [0.15, 0.2) is 0 Å². The number of amides is 1. The molecule has 3 N–H and O–H groups in total. The number of nitrogens with one attached hydrogen (secondary N) is 2. The maximum absolute atomic E-state index is 12.3. The highest BCUT2D eigenvalue weighted by Crippen LogP contribution is 2.32. The molecule has 31 heavy (non-hydrogen) atoms. The van der Waals surface area contributed by atoms with E-state index in [1.165, 1.54) is 6.92 Å². The SMILES string of the molecule is CC(=O)Nc1ccc2[nH]cc(C(C(=O)O)N3CCN(c4ncccc4C#N)CC3)c2c1. The molecular weight excluding hydrogens is 396 g/mol. The monoisotopic (exact) mass is 418 g/mol. The molecule has 1 fully saturated rings. The van der Waals surface area contributed by atoms with Crippen LogP contribution in [0, 0.1) is 11.3 Å². The average Bonchev–Trinajstić information content (AvgIpc) is 3.16. The number of piperazine rings is 1. The first kappa shape index (κ1) is 20.4. The number of hydrogen-bond donors (Lipinski definition) is 3. The number of anilines is 2. The number of aliphatic carboxylic acids is 1. The van der Waals surface area contributed by atoms with E-state index in [2.05, 4.69) is 21.4 Å². The van der Waals surface area contributed by atoms with Crippen LogP contribution in [-0.4, -0.2) is 58.0 Å². The molecule has 0 bridgehead atoms. The Labute approximate surface area is 178 Å². The molecule has 2 aromatic heterocycles. The van der Waals surface area contributed by atoms with Gasteiger partial charge in [0, 0.05) is 67.7 Å². The molecule has 0 spiro atoms. The van der Waals surface area contributed by atoms with Gasteiger partial charge in [0.25, 0.3) is 0 Å². The number of fused-ring (bicyclic) bond motifs is 1. The minimum atomic E-state index is -0.935. The molecule has 1 atom stereocenters. The lowest BCUT2D eigenvalue weighted by molar-refractivity contribution is -0.143. The smallest absolute Gasteiger partial charge is 0.325 e. The van der Waals surface area contributed by atoms with Gasteiger partial charge in [-0.2, -0.15) is 5.26 Å². The van der Waals surface area contributed by atoms with E-state index in [0.29, 0.717) is 48.8 Å². The number of aromatic nitrogens is 2. The van der Waals surface area contributed by atoms with Crippen LogP contribution in [0.3, 0.4) is 0 Å². The lowest BCUT2D eigenvalue weighted by Crippen LogP contribution is -2.49. The molecule has 1 aliphatic heterocycles. The second kappa shape index (κ2) is 8.45. The van der Waals surface area contributed by atoms with E-state index in [1.807, 2.05) is 15.9 Å². The lowest BCUT2D eigenvalue weighted by Gasteiger charge is -2.38. The molecule has 1 amide bonds. The maximum Gasteiger partial charge on any atom is 0.325 e. The third kappa shape index (κ3) is 4.06. The number of carbonyl (C=O) groups excluding carboxylic acids is 1. The van der Waals surface area contributed by atoms with Crippen LogP contribution in [0.25, 0.3) is 10.9 Å². The number of benzene rings is 1. The summed E-state index contributed by atoms with van der Waals surface area (Å²) in [5.41, 5.74) is 2.58. The van der Waals surface area contributed by atoms with Gasteiger partial charge < -0.3 is 20.3 Å². The average molecular weight is 418 g/mol. The zero-order valence-corrected chi connectivity index (χ0v) is 17.0. The second-order valence-electron chi connectivity index (χ2n) is 7.44. The Hall–Kier alpha value is -3.90. The van der Waals surface area contributed by atoms with Crippen molar-refractivity contribution in [2.45, 2.75) is 13.0 Å². The van der Waals surface area contributed by atoms with E-state index in [9.17, 15) is 20.0 Å². The van der Waals surface area contributed by atoms with Crippen molar-refractivity contribution in [1.82, 2.24) is 14.9 Å². The Balaban J connectivity index is 1.59. The van der Waals surface area contributed by atoms with Crippen molar-refractivity contribution >= 4 is 34.3 Å². The summed E-state index contributed by atoms with van der Waals surface area (Å²) in [6.45, 7) is 3.58. The molecule has 9 heteroatoms. The van der Waals surface area contributed by atoms with Crippen LogP contribution in [0.2, 0.25) is 0 Å². The highest BCUT2D eigenvalue weighted by Gasteiger charge is 2.32. The highest BCUT2D eigenvalue weighted by molar-refractivity contribution is 5.95. The number of carboxylic acids is 1. The number of nitriles is 1. The molecule has 0 aliphatic carbocycles. The van der Waals surface area contributed by atoms with E-state index in [-0.39, 0.29) is 5.91 Å². The van der Waals surface area contributed by atoms with Gasteiger partial charge in [-0.25, -0.2) is 4.98 Å². The fourth-order valence-electron chi connectivity index (χ4n) is 4.06. The second-order valence-corrected chi connectivity index (χ2v) is 7.44. The molecule has 3 aromatic rings. The molecule has 1 unspecified atom stereocenters. The zero-order chi connectivity index (χ0) is 22.0. The lowest BCUT2D eigenvalue weighted by atomic mass is 10.0. The molecule has 0 saturated carbocycles. The first-order valence-corrected chi connectivity index (χ1v) is 9.93. The van der Waals surface area contributed by atoms with Crippen LogP contribution >= 0.6 is 0 Å². The molecule has 158 valence electrons. The Bertz CT molecular complexity index is 1170. The largest absolute Gasteiger partial charge is 0.480 e. The summed E-state index contributed by atoms with van der Waals surface area (Å²) in [7, 11) is 0. The predicted molar refractivity (Wildman–Crippen MR) is 116 cm³/mol. The van der Waals surface area contributed by atoms with E-state index in [0.717, 1.165) is 10.9 Å². The fraction of sp³-hybridized carbons (Fsp3) is 0.273.